The van der Waals surface area contributed by atoms with Gasteiger partial charge in [0.05, 0.1) is 0 Å². The van der Waals surface area contributed by atoms with E-state index in [-0.39, 0.29) is 17.9 Å². The summed E-state index contributed by atoms with van der Waals surface area (Å²) < 4.78 is 2.68. The van der Waals surface area contributed by atoms with Crippen LogP contribution in [-0.2, 0) is 4.79 Å². The van der Waals surface area contributed by atoms with Crippen LogP contribution in [0, 0.1) is 0 Å². The van der Waals surface area contributed by atoms with E-state index >= 15 is 0 Å². The molecule has 5 nitrogen and oxygen atoms in total. The quantitative estimate of drug-likeness (QED) is 0.570. The van der Waals surface area contributed by atoms with Crippen LogP contribution in [0.15, 0.2) is 35.4 Å². The maximum absolute atomic E-state index is 12.7. The summed E-state index contributed by atoms with van der Waals surface area (Å²) in [5, 5.41) is 6.31. The van der Waals surface area contributed by atoms with Crippen LogP contribution in [0.4, 0.5) is 5.69 Å². The van der Waals surface area contributed by atoms with Crippen LogP contribution in [0.3, 0.4) is 0 Å². The largest absolute Gasteiger partial charge is 0.324 e. The Labute approximate surface area is 153 Å². The molecule has 1 aliphatic heterocycles. The van der Waals surface area contributed by atoms with E-state index in [1.165, 1.54) is 42.4 Å². The summed E-state index contributed by atoms with van der Waals surface area (Å²) in [7, 11) is 0. The zero-order valence-electron chi connectivity index (χ0n) is 14.6. The van der Waals surface area contributed by atoms with Crippen LogP contribution in [0.1, 0.15) is 48.9 Å². The molecule has 1 saturated heterocycles. The van der Waals surface area contributed by atoms with Crippen molar-refractivity contribution in [2.45, 2.75) is 44.6 Å². The van der Waals surface area contributed by atoms with Crippen molar-refractivity contribution in [2.75, 3.05) is 18.1 Å². The number of hydrogen-bond donors (Lipinski definition) is 3. The topological polar surface area (TPSA) is 70.2 Å². The van der Waals surface area contributed by atoms with E-state index in [1.807, 2.05) is 0 Å². The van der Waals surface area contributed by atoms with Gasteiger partial charge >= 0.3 is 0 Å². The third kappa shape index (κ3) is 4.44. The lowest BCUT2D eigenvalue weighted by Gasteiger charge is -2.20. The van der Waals surface area contributed by atoms with Gasteiger partial charge in [-0.1, -0.05) is 23.9 Å². The van der Waals surface area contributed by atoms with Gasteiger partial charge in [-0.3, -0.25) is 14.3 Å². The Morgan fingerprint density at radius 3 is 2.48 bits per heavy atom. The molecule has 25 heavy (non-hydrogen) atoms. The van der Waals surface area contributed by atoms with Gasteiger partial charge < -0.3 is 10.6 Å². The monoisotopic (exact) mass is 359 g/mol. The average molecular weight is 359 g/mol. The number of carbonyl (C=O) groups is 2. The Morgan fingerprint density at radius 1 is 1.08 bits per heavy atom. The number of hydrogen-bond acceptors (Lipinski definition) is 4. The third-order valence-electron chi connectivity index (χ3n) is 4.87. The smallest absolute Gasteiger partial charge is 0.261 e. The molecule has 0 aromatic heterocycles. The highest BCUT2D eigenvalue weighted by Crippen LogP contribution is 2.31. The lowest BCUT2D eigenvalue weighted by molar-refractivity contribution is -0.117. The van der Waals surface area contributed by atoms with E-state index < -0.39 is 0 Å². The van der Waals surface area contributed by atoms with Crippen molar-refractivity contribution in [3.63, 3.8) is 0 Å². The highest BCUT2D eigenvalue weighted by molar-refractivity contribution is 7.97. The molecule has 1 aromatic rings. The van der Waals surface area contributed by atoms with Crippen LogP contribution in [0.2, 0.25) is 0 Å². The van der Waals surface area contributed by atoms with Gasteiger partial charge in [0.2, 0.25) is 5.91 Å². The Balaban J connectivity index is 1.66. The molecule has 134 valence electrons. The van der Waals surface area contributed by atoms with Crippen LogP contribution < -0.4 is 15.4 Å². The van der Waals surface area contributed by atoms with Gasteiger partial charge in [-0.15, -0.1) is 0 Å². The molecule has 1 saturated carbocycles. The molecule has 2 amide bonds. The van der Waals surface area contributed by atoms with E-state index in [4.69, 9.17) is 0 Å². The molecule has 6 heteroatoms. The van der Waals surface area contributed by atoms with Gasteiger partial charge in [0, 0.05) is 17.5 Å². The van der Waals surface area contributed by atoms with Crippen LogP contribution >= 0.6 is 11.9 Å². The van der Waals surface area contributed by atoms with E-state index in [0.717, 1.165) is 25.8 Å². The fourth-order valence-corrected chi connectivity index (χ4v) is 3.92. The first-order valence-electron chi connectivity index (χ1n) is 8.87. The molecule has 3 N–H and O–H groups in total. The molecule has 1 aromatic carbocycles. The van der Waals surface area contributed by atoms with Gasteiger partial charge in [-0.05, 0) is 68.5 Å². The molecule has 0 spiro atoms. The van der Waals surface area contributed by atoms with Crippen LogP contribution in [-0.4, -0.2) is 30.7 Å². The highest BCUT2D eigenvalue weighted by atomic mass is 32.2. The molecule has 0 bridgehead atoms. The summed E-state index contributed by atoms with van der Waals surface area (Å²) in [6.07, 6.45) is 8.85. The summed E-state index contributed by atoms with van der Waals surface area (Å²) in [5.41, 5.74) is 4.08. The van der Waals surface area contributed by atoms with E-state index in [9.17, 15) is 9.59 Å². The standard InChI is InChI=1S/C19H25N3O2S/c1-25-22-18(23)14-7-9-15(10-8-14)21-19(24)17-16(11-12-20-17)13-5-3-2-4-6-13/h7-10,17,20H,2-6,11-12H2,1H3,(H,21,24)(H,22,23)/t17-/m0/s1. The number of nitrogens with one attached hydrogen (secondary N) is 3. The van der Waals surface area contributed by atoms with Crippen molar-refractivity contribution in [2.24, 2.45) is 0 Å². The zero-order valence-corrected chi connectivity index (χ0v) is 15.4. The number of anilines is 1. The van der Waals surface area contributed by atoms with Crippen molar-refractivity contribution < 1.29 is 9.59 Å². The van der Waals surface area contributed by atoms with Crippen molar-refractivity contribution >= 4 is 29.4 Å². The van der Waals surface area contributed by atoms with E-state index in [2.05, 4.69) is 15.4 Å². The Morgan fingerprint density at radius 2 is 1.80 bits per heavy atom. The lowest BCUT2D eigenvalue weighted by Crippen LogP contribution is -2.37. The number of rotatable bonds is 4. The van der Waals surface area contributed by atoms with Gasteiger partial charge in [-0.25, -0.2) is 0 Å². The molecule has 1 heterocycles. The normalized spacial score (nSPS) is 20.4. The minimum atomic E-state index is -0.215. The summed E-state index contributed by atoms with van der Waals surface area (Å²) in [6, 6.07) is 6.78. The van der Waals surface area contributed by atoms with E-state index in [1.54, 1.807) is 30.5 Å². The fraction of sp³-hybridized carbons (Fsp3) is 0.474. The van der Waals surface area contributed by atoms with Gasteiger partial charge in [-0.2, -0.15) is 0 Å². The molecule has 0 radical (unpaired) electrons. The van der Waals surface area contributed by atoms with Gasteiger partial charge in [0.25, 0.3) is 5.91 Å². The summed E-state index contributed by atoms with van der Waals surface area (Å²) in [5.74, 6) is -0.140. The van der Waals surface area contributed by atoms with Crippen molar-refractivity contribution in [1.82, 2.24) is 10.0 Å². The Hall–Kier alpha value is -1.79. The Kier molecular flexibility index (Phi) is 6.15. The number of carbonyl (C=O) groups excluding carboxylic acids is 2. The van der Waals surface area contributed by atoms with Crippen molar-refractivity contribution in [3.8, 4) is 0 Å². The second-order valence-corrected chi connectivity index (χ2v) is 7.14. The molecule has 2 aliphatic rings. The minimum absolute atomic E-state index is 0.00751. The lowest BCUT2D eigenvalue weighted by atomic mass is 9.88. The number of allylic oxidation sites excluding steroid dienone is 1. The maximum Gasteiger partial charge on any atom is 0.261 e. The first kappa shape index (κ1) is 18.0. The summed E-state index contributed by atoms with van der Waals surface area (Å²) >= 11 is 1.27. The minimum Gasteiger partial charge on any atom is -0.324 e. The second kappa shape index (κ2) is 8.54. The predicted molar refractivity (Wildman–Crippen MR) is 103 cm³/mol. The van der Waals surface area contributed by atoms with Gasteiger partial charge in [0.1, 0.15) is 6.04 Å². The van der Waals surface area contributed by atoms with Gasteiger partial charge in [0.15, 0.2) is 0 Å². The molecule has 0 unspecified atom stereocenters. The SMILES string of the molecule is CSNC(=O)c1ccc(NC(=O)[C@H]2NCCC2=C2CCCCC2)cc1. The zero-order chi connectivity index (χ0) is 17.6. The average Bonchev–Trinajstić information content (AvgIpc) is 3.13. The number of benzene rings is 1. The predicted octanol–water partition coefficient (Wildman–Crippen LogP) is 3.26. The van der Waals surface area contributed by atoms with Crippen molar-refractivity contribution in [1.29, 1.82) is 0 Å². The van der Waals surface area contributed by atoms with Crippen molar-refractivity contribution in [3.05, 3.63) is 41.0 Å². The third-order valence-corrected chi connectivity index (χ3v) is 5.26. The fourth-order valence-electron chi connectivity index (χ4n) is 3.62. The van der Waals surface area contributed by atoms with E-state index in [0.29, 0.717) is 11.3 Å². The molecular formula is C19H25N3O2S. The second-order valence-electron chi connectivity index (χ2n) is 6.53. The molecule has 1 atom stereocenters. The first-order valence-corrected chi connectivity index (χ1v) is 10.1. The van der Waals surface area contributed by atoms with Crippen LogP contribution in [0.25, 0.3) is 0 Å². The summed E-state index contributed by atoms with van der Waals surface area (Å²) in [6.45, 7) is 0.866. The first-order chi connectivity index (χ1) is 12.2. The molecule has 1 aliphatic carbocycles. The highest BCUT2D eigenvalue weighted by Gasteiger charge is 2.30. The number of amides is 2. The summed E-state index contributed by atoms with van der Waals surface area (Å²) in [4.78, 5) is 24.5. The molecular weight excluding hydrogens is 334 g/mol. The maximum atomic E-state index is 12.7. The molecule has 2 fully saturated rings. The molecule has 3 rings (SSSR count). The Bertz CT molecular complexity index is 662. The van der Waals surface area contributed by atoms with Crippen LogP contribution in [0.5, 0.6) is 0 Å².